The molecule has 3 heteroatoms. The van der Waals surface area contributed by atoms with Gasteiger partial charge >= 0.3 is 0 Å². The molecule has 0 saturated heterocycles. The van der Waals surface area contributed by atoms with Gasteiger partial charge in [0.1, 0.15) is 5.82 Å². The summed E-state index contributed by atoms with van der Waals surface area (Å²) in [4.78, 5) is 2.34. The molecule has 0 aliphatic carbocycles. The molecule has 0 aromatic heterocycles. The van der Waals surface area contributed by atoms with Gasteiger partial charge in [-0.25, -0.2) is 4.39 Å². The SMILES string of the molecule is CCC(c1ccccc1F)N1CCc2cccc(N)c2C1. The number of benzene rings is 2. The molecule has 1 aliphatic heterocycles. The average molecular weight is 284 g/mol. The lowest BCUT2D eigenvalue weighted by molar-refractivity contribution is 0.171. The van der Waals surface area contributed by atoms with Gasteiger partial charge in [-0.1, -0.05) is 37.3 Å². The summed E-state index contributed by atoms with van der Waals surface area (Å²) < 4.78 is 14.1. The Kier molecular flexibility index (Phi) is 3.93. The van der Waals surface area contributed by atoms with Crippen LogP contribution in [-0.4, -0.2) is 11.4 Å². The monoisotopic (exact) mass is 284 g/mol. The van der Waals surface area contributed by atoms with Crippen LogP contribution in [0.4, 0.5) is 10.1 Å². The summed E-state index contributed by atoms with van der Waals surface area (Å²) in [5.74, 6) is -0.115. The minimum atomic E-state index is -0.115. The summed E-state index contributed by atoms with van der Waals surface area (Å²) >= 11 is 0. The van der Waals surface area contributed by atoms with Crippen LogP contribution in [0.1, 0.15) is 36.1 Å². The molecule has 2 aromatic carbocycles. The van der Waals surface area contributed by atoms with Gasteiger partial charge in [-0.15, -0.1) is 0 Å². The zero-order valence-corrected chi connectivity index (χ0v) is 12.3. The van der Waals surface area contributed by atoms with Gasteiger partial charge in [-0.05, 0) is 36.1 Å². The van der Waals surface area contributed by atoms with Crippen molar-refractivity contribution < 1.29 is 4.39 Å². The predicted molar refractivity (Wildman–Crippen MR) is 84.4 cm³/mol. The van der Waals surface area contributed by atoms with Crippen molar-refractivity contribution in [1.82, 2.24) is 4.90 Å². The Morgan fingerprint density at radius 1 is 1.19 bits per heavy atom. The largest absolute Gasteiger partial charge is 0.398 e. The van der Waals surface area contributed by atoms with Gasteiger partial charge in [0.25, 0.3) is 0 Å². The van der Waals surface area contributed by atoms with E-state index < -0.39 is 0 Å². The molecule has 21 heavy (non-hydrogen) atoms. The van der Waals surface area contributed by atoms with Crippen molar-refractivity contribution in [1.29, 1.82) is 0 Å². The van der Waals surface area contributed by atoms with E-state index in [1.54, 1.807) is 12.1 Å². The standard InChI is InChI=1S/C18H21FN2/c1-2-18(14-7-3-4-8-16(14)19)21-11-10-13-6-5-9-17(20)15(13)12-21/h3-9,18H,2,10-12,20H2,1H3. The van der Waals surface area contributed by atoms with Crippen molar-refractivity contribution >= 4 is 5.69 Å². The van der Waals surface area contributed by atoms with Crippen LogP contribution >= 0.6 is 0 Å². The van der Waals surface area contributed by atoms with Crippen molar-refractivity contribution in [2.24, 2.45) is 0 Å². The summed E-state index contributed by atoms with van der Waals surface area (Å²) in [7, 11) is 0. The molecule has 2 aromatic rings. The molecule has 0 bridgehead atoms. The Morgan fingerprint density at radius 3 is 2.76 bits per heavy atom. The molecule has 1 atom stereocenters. The first-order chi connectivity index (χ1) is 10.2. The Hall–Kier alpha value is -1.87. The third-order valence-corrected chi connectivity index (χ3v) is 4.43. The first-order valence-corrected chi connectivity index (χ1v) is 7.55. The lowest BCUT2D eigenvalue weighted by Gasteiger charge is -2.36. The summed E-state index contributed by atoms with van der Waals surface area (Å²) in [6, 6.07) is 13.3. The zero-order chi connectivity index (χ0) is 14.8. The molecule has 1 heterocycles. The second-order valence-corrected chi connectivity index (χ2v) is 5.65. The van der Waals surface area contributed by atoms with Gasteiger partial charge in [0, 0.05) is 30.4 Å². The van der Waals surface area contributed by atoms with Crippen LogP contribution in [0.25, 0.3) is 0 Å². The molecule has 0 amide bonds. The van der Waals surface area contributed by atoms with E-state index in [0.29, 0.717) is 0 Å². The molecule has 2 N–H and O–H groups in total. The summed E-state index contributed by atoms with van der Waals surface area (Å²) in [5.41, 5.74) is 10.3. The Morgan fingerprint density at radius 2 is 2.00 bits per heavy atom. The second kappa shape index (κ2) is 5.86. The molecule has 1 aliphatic rings. The highest BCUT2D eigenvalue weighted by molar-refractivity contribution is 5.51. The Labute approximate surface area is 125 Å². The fraction of sp³-hybridized carbons (Fsp3) is 0.333. The Bertz CT molecular complexity index is 639. The maximum Gasteiger partial charge on any atom is 0.127 e. The molecular weight excluding hydrogens is 263 g/mol. The maximum absolute atomic E-state index is 14.1. The number of fused-ring (bicyclic) bond motifs is 1. The lowest BCUT2D eigenvalue weighted by Crippen LogP contribution is -2.34. The normalized spacial score (nSPS) is 16.5. The molecule has 1 unspecified atom stereocenters. The number of nitrogens with zero attached hydrogens (tertiary/aromatic N) is 1. The van der Waals surface area contributed by atoms with Crippen molar-refractivity contribution in [3.05, 3.63) is 65.0 Å². The number of anilines is 1. The van der Waals surface area contributed by atoms with E-state index in [4.69, 9.17) is 5.73 Å². The van der Waals surface area contributed by atoms with E-state index >= 15 is 0 Å². The molecule has 2 nitrogen and oxygen atoms in total. The van der Waals surface area contributed by atoms with Crippen LogP contribution in [-0.2, 0) is 13.0 Å². The summed E-state index contributed by atoms with van der Waals surface area (Å²) in [6.07, 6.45) is 1.87. The van der Waals surface area contributed by atoms with Crippen LogP contribution in [0.5, 0.6) is 0 Å². The molecule has 0 fully saturated rings. The fourth-order valence-electron chi connectivity index (χ4n) is 3.31. The highest BCUT2D eigenvalue weighted by Crippen LogP contribution is 2.33. The van der Waals surface area contributed by atoms with Gasteiger partial charge in [0.2, 0.25) is 0 Å². The van der Waals surface area contributed by atoms with Crippen molar-refractivity contribution in [2.45, 2.75) is 32.4 Å². The smallest absolute Gasteiger partial charge is 0.127 e. The minimum absolute atomic E-state index is 0.110. The van der Waals surface area contributed by atoms with E-state index in [2.05, 4.69) is 17.9 Å². The van der Waals surface area contributed by atoms with E-state index in [-0.39, 0.29) is 11.9 Å². The zero-order valence-electron chi connectivity index (χ0n) is 12.3. The van der Waals surface area contributed by atoms with Gasteiger partial charge < -0.3 is 5.73 Å². The highest BCUT2D eigenvalue weighted by Gasteiger charge is 2.26. The number of hydrogen-bond donors (Lipinski definition) is 1. The highest BCUT2D eigenvalue weighted by atomic mass is 19.1. The summed E-state index contributed by atoms with van der Waals surface area (Å²) in [6.45, 7) is 3.86. The molecular formula is C18H21FN2. The summed E-state index contributed by atoms with van der Waals surface area (Å²) in [5, 5.41) is 0. The topological polar surface area (TPSA) is 29.3 Å². The van der Waals surface area contributed by atoms with Gasteiger partial charge in [-0.2, -0.15) is 0 Å². The third kappa shape index (κ3) is 2.66. The van der Waals surface area contributed by atoms with Gasteiger partial charge in [0.15, 0.2) is 0 Å². The van der Waals surface area contributed by atoms with Crippen molar-refractivity contribution in [3.8, 4) is 0 Å². The third-order valence-electron chi connectivity index (χ3n) is 4.43. The molecule has 0 radical (unpaired) electrons. The first kappa shape index (κ1) is 14.1. The van der Waals surface area contributed by atoms with Crippen molar-refractivity contribution in [3.63, 3.8) is 0 Å². The molecule has 0 saturated carbocycles. The maximum atomic E-state index is 14.1. The van der Waals surface area contributed by atoms with E-state index in [1.165, 1.54) is 11.1 Å². The molecule has 3 rings (SSSR count). The minimum Gasteiger partial charge on any atom is -0.398 e. The van der Waals surface area contributed by atoms with Crippen LogP contribution in [0.3, 0.4) is 0 Å². The number of halogens is 1. The quantitative estimate of drug-likeness (QED) is 0.866. The Balaban J connectivity index is 1.90. The molecule has 110 valence electrons. The van der Waals surface area contributed by atoms with E-state index in [0.717, 1.165) is 37.2 Å². The second-order valence-electron chi connectivity index (χ2n) is 5.65. The van der Waals surface area contributed by atoms with E-state index in [9.17, 15) is 4.39 Å². The lowest BCUT2D eigenvalue weighted by atomic mass is 9.94. The number of nitrogen functional groups attached to an aromatic ring is 1. The average Bonchev–Trinajstić information content (AvgIpc) is 2.51. The van der Waals surface area contributed by atoms with Gasteiger partial charge in [0.05, 0.1) is 0 Å². The van der Waals surface area contributed by atoms with Crippen LogP contribution in [0.2, 0.25) is 0 Å². The van der Waals surface area contributed by atoms with Crippen LogP contribution in [0, 0.1) is 5.82 Å². The molecule has 0 spiro atoms. The van der Waals surface area contributed by atoms with Crippen LogP contribution < -0.4 is 5.73 Å². The van der Waals surface area contributed by atoms with Gasteiger partial charge in [-0.3, -0.25) is 4.90 Å². The fourth-order valence-corrected chi connectivity index (χ4v) is 3.31. The van der Waals surface area contributed by atoms with Crippen molar-refractivity contribution in [2.75, 3.05) is 12.3 Å². The number of hydrogen-bond acceptors (Lipinski definition) is 2. The number of rotatable bonds is 3. The first-order valence-electron chi connectivity index (χ1n) is 7.55. The van der Waals surface area contributed by atoms with Crippen LogP contribution in [0.15, 0.2) is 42.5 Å². The van der Waals surface area contributed by atoms with E-state index in [1.807, 2.05) is 24.3 Å². The predicted octanol–water partition coefficient (Wildman–Crippen LogP) is 3.92. The number of nitrogens with two attached hydrogens (primary N) is 1.